The highest BCUT2D eigenvalue weighted by Crippen LogP contribution is 2.31. The Morgan fingerprint density at radius 1 is 0.897 bits per heavy atom. The van der Waals surface area contributed by atoms with Crippen molar-refractivity contribution < 1.29 is 17.6 Å². The first kappa shape index (κ1) is 18.8. The molecule has 0 aliphatic rings. The van der Waals surface area contributed by atoms with Crippen LogP contribution in [0.2, 0.25) is 0 Å². The van der Waals surface area contributed by atoms with E-state index in [0.29, 0.717) is 34.1 Å². The smallest absolute Gasteiger partial charge is 0.338 e. The first-order chi connectivity index (χ1) is 13.7. The van der Waals surface area contributed by atoms with Crippen molar-refractivity contribution in [3.8, 4) is 11.4 Å². The normalized spacial score (nSPS) is 11.8. The van der Waals surface area contributed by atoms with Crippen molar-refractivity contribution in [3.05, 3.63) is 59.4 Å². The highest BCUT2D eigenvalue weighted by atomic mass is 19.4. The van der Waals surface area contributed by atoms with Gasteiger partial charge in [-0.2, -0.15) is 23.1 Å². The summed E-state index contributed by atoms with van der Waals surface area (Å²) in [6.45, 7) is 3.40. The van der Waals surface area contributed by atoms with Crippen LogP contribution in [-0.4, -0.2) is 24.9 Å². The Hall–Kier alpha value is -3.56. The van der Waals surface area contributed by atoms with E-state index in [1.165, 1.54) is 24.3 Å². The van der Waals surface area contributed by atoms with Crippen LogP contribution in [0.1, 0.15) is 17.2 Å². The molecule has 6 nitrogen and oxygen atoms in total. The van der Waals surface area contributed by atoms with Crippen LogP contribution >= 0.6 is 0 Å². The highest BCUT2D eigenvalue weighted by Gasteiger charge is 2.30. The third-order valence-corrected chi connectivity index (χ3v) is 4.16. The molecular weight excluding hydrogens is 388 g/mol. The fraction of sp³-hybridized carbons (Fsp3) is 0.158. The van der Waals surface area contributed by atoms with Crippen molar-refractivity contribution in [2.75, 3.05) is 5.32 Å². The Balaban J connectivity index is 1.68. The van der Waals surface area contributed by atoms with Gasteiger partial charge in [-0.15, -0.1) is 0 Å². The number of aromatic amines is 1. The van der Waals surface area contributed by atoms with E-state index in [1.807, 2.05) is 0 Å². The first-order valence-electron chi connectivity index (χ1n) is 8.52. The van der Waals surface area contributed by atoms with Gasteiger partial charge in [0.15, 0.2) is 0 Å². The van der Waals surface area contributed by atoms with Crippen molar-refractivity contribution in [2.24, 2.45) is 0 Å². The van der Waals surface area contributed by atoms with E-state index in [2.05, 4.69) is 30.2 Å². The van der Waals surface area contributed by atoms with Gasteiger partial charge in [-0.25, -0.2) is 14.4 Å². The molecule has 0 amide bonds. The summed E-state index contributed by atoms with van der Waals surface area (Å²) in [6.07, 6.45) is -4.41. The molecule has 148 valence electrons. The molecule has 2 heterocycles. The molecule has 2 N–H and O–H groups in total. The predicted molar refractivity (Wildman–Crippen MR) is 99.1 cm³/mol. The second-order valence-corrected chi connectivity index (χ2v) is 6.39. The summed E-state index contributed by atoms with van der Waals surface area (Å²) in [5, 5.41) is 2.81. The number of hydrogen-bond acceptors (Lipinski definition) is 5. The number of rotatable bonds is 3. The van der Waals surface area contributed by atoms with E-state index < -0.39 is 17.6 Å². The second-order valence-electron chi connectivity index (χ2n) is 6.39. The molecule has 29 heavy (non-hydrogen) atoms. The molecule has 0 saturated heterocycles. The molecule has 4 rings (SSSR count). The molecule has 0 saturated carbocycles. The number of halogens is 4. The Morgan fingerprint density at radius 2 is 1.55 bits per heavy atom. The van der Waals surface area contributed by atoms with Crippen LogP contribution in [-0.2, 0) is 6.18 Å². The van der Waals surface area contributed by atoms with Crippen molar-refractivity contribution in [3.63, 3.8) is 0 Å². The molecule has 2 aromatic carbocycles. The van der Waals surface area contributed by atoms with Gasteiger partial charge in [0, 0.05) is 11.6 Å². The minimum atomic E-state index is -4.41. The lowest BCUT2D eigenvalue weighted by Crippen LogP contribution is -2.04. The number of nitrogens with one attached hydrogen (secondary N) is 2. The van der Waals surface area contributed by atoms with Gasteiger partial charge < -0.3 is 10.3 Å². The van der Waals surface area contributed by atoms with E-state index in [9.17, 15) is 17.6 Å². The molecule has 0 atom stereocenters. The molecule has 4 aromatic rings. The maximum absolute atomic E-state index is 14.5. The molecule has 10 heteroatoms. The summed E-state index contributed by atoms with van der Waals surface area (Å²) in [5.74, 6) is 0.951. The number of alkyl halides is 3. The van der Waals surface area contributed by atoms with Crippen molar-refractivity contribution in [1.82, 2.24) is 24.9 Å². The monoisotopic (exact) mass is 402 g/mol. The number of anilines is 2. The minimum Gasteiger partial charge on any atom is -0.338 e. The SMILES string of the molecule is Cc1nc(C)nc(Nc2cc3[nH]c(-c4ccc(C(F)(F)F)cc4)nc3cc2F)n1. The number of benzene rings is 2. The largest absolute Gasteiger partial charge is 0.416 e. The first-order valence-corrected chi connectivity index (χ1v) is 8.52. The predicted octanol–water partition coefficient (Wildman–Crippen LogP) is 4.93. The third-order valence-electron chi connectivity index (χ3n) is 4.16. The number of nitrogens with zero attached hydrogens (tertiary/aromatic N) is 4. The minimum absolute atomic E-state index is 0.130. The zero-order valence-electron chi connectivity index (χ0n) is 15.3. The van der Waals surface area contributed by atoms with E-state index in [4.69, 9.17) is 0 Å². The molecule has 0 radical (unpaired) electrons. The van der Waals surface area contributed by atoms with Crippen LogP contribution in [0.25, 0.3) is 22.4 Å². The fourth-order valence-electron chi connectivity index (χ4n) is 2.87. The summed E-state index contributed by atoms with van der Waals surface area (Å²) >= 11 is 0. The summed E-state index contributed by atoms with van der Waals surface area (Å²) in [4.78, 5) is 19.6. The fourth-order valence-corrected chi connectivity index (χ4v) is 2.87. The summed E-state index contributed by atoms with van der Waals surface area (Å²) in [6, 6.07) is 7.30. The van der Waals surface area contributed by atoms with Crippen LogP contribution in [0.15, 0.2) is 36.4 Å². The van der Waals surface area contributed by atoms with Gasteiger partial charge in [-0.3, -0.25) is 0 Å². The molecular formula is C19H14F4N6. The third kappa shape index (κ3) is 3.86. The zero-order valence-corrected chi connectivity index (χ0v) is 15.3. The Labute approximate surface area is 162 Å². The molecule has 0 aliphatic carbocycles. The van der Waals surface area contributed by atoms with E-state index in [0.717, 1.165) is 12.1 Å². The van der Waals surface area contributed by atoms with Gasteiger partial charge in [0.2, 0.25) is 5.95 Å². The molecule has 0 spiro atoms. The van der Waals surface area contributed by atoms with Crippen LogP contribution < -0.4 is 5.32 Å². The number of H-pyrrole nitrogens is 1. The summed E-state index contributed by atoms with van der Waals surface area (Å²) < 4.78 is 52.7. The summed E-state index contributed by atoms with van der Waals surface area (Å²) in [7, 11) is 0. The van der Waals surface area contributed by atoms with Crippen molar-refractivity contribution >= 4 is 22.7 Å². The average molecular weight is 402 g/mol. The van der Waals surface area contributed by atoms with Crippen LogP contribution in [0.4, 0.5) is 29.2 Å². The molecule has 0 aliphatic heterocycles. The zero-order chi connectivity index (χ0) is 20.8. The Morgan fingerprint density at radius 3 is 2.17 bits per heavy atom. The van der Waals surface area contributed by atoms with E-state index >= 15 is 0 Å². The molecule has 0 unspecified atom stereocenters. The average Bonchev–Trinajstić information content (AvgIpc) is 3.03. The van der Waals surface area contributed by atoms with Crippen LogP contribution in [0.5, 0.6) is 0 Å². The number of aromatic nitrogens is 5. The second kappa shape index (κ2) is 6.80. The lowest BCUT2D eigenvalue weighted by molar-refractivity contribution is -0.137. The lowest BCUT2D eigenvalue weighted by Gasteiger charge is -2.07. The van der Waals surface area contributed by atoms with Crippen molar-refractivity contribution in [2.45, 2.75) is 20.0 Å². The van der Waals surface area contributed by atoms with Crippen LogP contribution in [0.3, 0.4) is 0 Å². The topological polar surface area (TPSA) is 79.4 Å². The van der Waals surface area contributed by atoms with E-state index in [-0.39, 0.29) is 11.6 Å². The number of hydrogen-bond donors (Lipinski definition) is 2. The number of fused-ring (bicyclic) bond motifs is 1. The highest BCUT2D eigenvalue weighted by molar-refractivity contribution is 5.83. The standard InChI is InChI=1S/C19H14F4N6/c1-9-24-10(2)26-18(25-9)29-14-8-16-15(7-13(14)20)27-17(28-16)11-3-5-12(6-4-11)19(21,22)23/h3-8H,1-2H3,(H,27,28)(H,24,25,26,29). The summed E-state index contributed by atoms with van der Waals surface area (Å²) in [5.41, 5.74) is 0.674. The van der Waals surface area contributed by atoms with Gasteiger partial charge >= 0.3 is 6.18 Å². The Kier molecular flexibility index (Phi) is 4.40. The number of aryl methyl sites for hydroxylation is 2. The Bertz CT molecular complexity index is 1180. The molecule has 2 aromatic heterocycles. The van der Waals surface area contributed by atoms with E-state index in [1.54, 1.807) is 13.8 Å². The van der Waals surface area contributed by atoms with Gasteiger partial charge in [0.25, 0.3) is 0 Å². The molecule has 0 bridgehead atoms. The maximum Gasteiger partial charge on any atom is 0.416 e. The maximum atomic E-state index is 14.5. The van der Waals surface area contributed by atoms with Gasteiger partial charge in [-0.1, -0.05) is 12.1 Å². The molecule has 0 fully saturated rings. The van der Waals surface area contributed by atoms with Gasteiger partial charge in [0.1, 0.15) is 23.3 Å². The van der Waals surface area contributed by atoms with Crippen LogP contribution in [0, 0.1) is 19.7 Å². The quantitative estimate of drug-likeness (QED) is 0.475. The van der Waals surface area contributed by atoms with Gasteiger partial charge in [-0.05, 0) is 32.0 Å². The van der Waals surface area contributed by atoms with Crippen molar-refractivity contribution in [1.29, 1.82) is 0 Å². The lowest BCUT2D eigenvalue weighted by atomic mass is 10.1. The van der Waals surface area contributed by atoms with Gasteiger partial charge in [0.05, 0.1) is 22.3 Å². The number of imidazole rings is 1.